The number of nitrogens with two attached hydrogens (primary N) is 1. The first-order chi connectivity index (χ1) is 7.08. The van der Waals surface area contributed by atoms with Crippen LogP contribution >= 0.6 is 23.1 Å². The number of hydrogen-bond donors (Lipinski definition) is 2. The minimum atomic E-state index is -0.728. The van der Waals surface area contributed by atoms with Crippen molar-refractivity contribution < 1.29 is 9.90 Å². The molecule has 0 amide bonds. The molecule has 3 N–H and O–H groups in total. The lowest BCUT2D eigenvalue weighted by atomic mass is 10.3. The van der Waals surface area contributed by atoms with Crippen molar-refractivity contribution in [2.45, 2.75) is 29.2 Å². The Labute approximate surface area is 95.9 Å². The van der Waals surface area contributed by atoms with Gasteiger partial charge in [-0.25, -0.2) is 4.98 Å². The highest BCUT2D eigenvalue weighted by molar-refractivity contribution is 8.02. The van der Waals surface area contributed by atoms with E-state index >= 15 is 0 Å². The number of aromatic nitrogens is 1. The normalized spacial score (nSPS) is 17.7. The predicted molar refractivity (Wildman–Crippen MR) is 61.3 cm³/mol. The molecule has 1 aromatic rings. The molecule has 4 nitrogen and oxygen atoms in total. The third-order valence-electron chi connectivity index (χ3n) is 2.30. The number of anilines is 1. The second kappa shape index (κ2) is 4.02. The van der Waals surface area contributed by atoms with Crippen LogP contribution in [0.1, 0.15) is 18.5 Å². The lowest BCUT2D eigenvalue weighted by molar-refractivity contribution is -0.136. The van der Waals surface area contributed by atoms with Gasteiger partial charge in [0.1, 0.15) is 5.25 Å². The number of carboxylic acids is 1. The minimum absolute atomic E-state index is 0.329. The van der Waals surface area contributed by atoms with Gasteiger partial charge in [0, 0.05) is 0 Å². The summed E-state index contributed by atoms with van der Waals surface area (Å²) in [6.45, 7) is 1.86. The van der Waals surface area contributed by atoms with Crippen LogP contribution in [-0.2, 0) is 4.79 Å². The van der Waals surface area contributed by atoms with E-state index in [1.807, 2.05) is 6.92 Å². The van der Waals surface area contributed by atoms with Gasteiger partial charge in [-0.3, -0.25) is 4.79 Å². The number of nitrogens with zero attached hydrogens (tertiary/aromatic N) is 1. The summed E-state index contributed by atoms with van der Waals surface area (Å²) in [5.41, 5.74) is 6.41. The largest absolute Gasteiger partial charge is 0.480 e. The van der Waals surface area contributed by atoms with E-state index in [2.05, 4.69) is 4.98 Å². The van der Waals surface area contributed by atoms with Crippen LogP contribution < -0.4 is 5.73 Å². The molecule has 1 saturated carbocycles. The van der Waals surface area contributed by atoms with E-state index in [1.54, 1.807) is 0 Å². The molecular weight excluding hydrogens is 232 g/mol. The molecule has 0 radical (unpaired) electrons. The van der Waals surface area contributed by atoms with Gasteiger partial charge in [-0.1, -0.05) is 23.1 Å². The predicted octanol–water partition coefficient (Wildman–Crippen LogP) is 1.99. The molecule has 1 aromatic heterocycles. The van der Waals surface area contributed by atoms with Gasteiger partial charge in [-0.15, -0.1) is 0 Å². The molecule has 1 aliphatic rings. The fourth-order valence-electron chi connectivity index (χ4n) is 1.37. The fraction of sp³-hybridized carbons (Fsp3) is 0.556. The molecule has 2 rings (SSSR count). The highest BCUT2D eigenvalue weighted by atomic mass is 32.2. The number of hydrogen-bond acceptors (Lipinski definition) is 5. The molecule has 1 unspecified atom stereocenters. The molecule has 15 heavy (non-hydrogen) atoms. The molecule has 1 heterocycles. The van der Waals surface area contributed by atoms with Crippen LogP contribution in [-0.4, -0.2) is 21.3 Å². The monoisotopic (exact) mass is 244 g/mol. The average Bonchev–Trinajstić information content (AvgIpc) is 2.90. The lowest BCUT2D eigenvalue weighted by Crippen LogP contribution is -2.18. The van der Waals surface area contributed by atoms with Crippen LogP contribution in [0.15, 0.2) is 4.21 Å². The van der Waals surface area contributed by atoms with Crippen molar-refractivity contribution in [1.82, 2.24) is 4.98 Å². The summed E-state index contributed by atoms with van der Waals surface area (Å²) in [7, 11) is 0. The van der Waals surface area contributed by atoms with E-state index < -0.39 is 5.97 Å². The van der Waals surface area contributed by atoms with Gasteiger partial charge in [0.15, 0.2) is 5.13 Å². The van der Waals surface area contributed by atoms with E-state index in [4.69, 9.17) is 10.8 Å². The third kappa shape index (κ3) is 2.43. The van der Waals surface area contributed by atoms with Crippen molar-refractivity contribution in [2.24, 2.45) is 5.92 Å². The van der Waals surface area contributed by atoms with Gasteiger partial charge in [0.2, 0.25) is 0 Å². The van der Waals surface area contributed by atoms with Crippen molar-refractivity contribution in [1.29, 1.82) is 0 Å². The second-order valence-electron chi connectivity index (χ2n) is 3.64. The van der Waals surface area contributed by atoms with Gasteiger partial charge in [0.05, 0.1) is 9.90 Å². The summed E-state index contributed by atoms with van der Waals surface area (Å²) < 4.78 is 0.937. The molecular formula is C9H12N2O2S2. The minimum Gasteiger partial charge on any atom is -0.480 e. The van der Waals surface area contributed by atoms with Crippen molar-refractivity contribution in [3.63, 3.8) is 0 Å². The summed E-state index contributed by atoms with van der Waals surface area (Å²) in [6.07, 6.45) is 2.05. The number of nitrogen functional groups attached to an aromatic ring is 1. The van der Waals surface area contributed by atoms with Crippen LogP contribution in [0.4, 0.5) is 5.13 Å². The van der Waals surface area contributed by atoms with Gasteiger partial charge in [-0.2, -0.15) is 0 Å². The average molecular weight is 244 g/mol. The zero-order valence-corrected chi connectivity index (χ0v) is 9.90. The molecule has 0 aromatic carbocycles. The molecule has 0 saturated heterocycles. The topological polar surface area (TPSA) is 76.2 Å². The smallest absolute Gasteiger partial charge is 0.317 e. The maximum Gasteiger partial charge on any atom is 0.317 e. The number of rotatable bonds is 4. The second-order valence-corrected chi connectivity index (χ2v) is 6.08. The molecule has 1 atom stereocenters. The zero-order valence-electron chi connectivity index (χ0n) is 8.27. The van der Waals surface area contributed by atoms with E-state index in [0.29, 0.717) is 11.0 Å². The Kier molecular flexibility index (Phi) is 2.88. The molecule has 6 heteroatoms. The van der Waals surface area contributed by atoms with Gasteiger partial charge in [-0.05, 0) is 25.7 Å². The number of thioether (sulfide) groups is 1. The van der Waals surface area contributed by atoms with E-state index in [0.717, 1.165) is 22.7 Å². The van der Waals surface area contributed by atoms with Crippen molar-refractivity contribution >= 4 is 34.2 Å². The van der Waals surface area contributed by atoms with Crippen molar-refractivity contribution in [3.05, 3.63) is 5.69 Å². The highest BCUT2D eigenvalue weighted by Gasteiger charge is 2.37. The maximum absolute atomic E-state index is 11.0. The number of thiazole rings is 1. The van der Waals surface area contributed by atoms with E-state index in [1.165, 1.54) is 23.1 Å². The standard InChI is InChI=1S/C9H12N2O2S2/c1-4-8(15-9(10)11-4)14-6(7(12)13)5-2-3-5/h5-6H,2-3H2,1H3,(H2,10,11)(H,12,13). The number of aliphatic carboxylic acids is 1. The quantitative estimate of drug-likeness (QED) is 0.792. The maximum atomic E-state index is 11.0. The summed E-state index contributed by atoms with van der Waals surface area (Å²) >= 11 is 2.76. The fourth-order valence-corrected chi connectivity index (χ4v) is 3.71. The third-order valence-corrected chi connectivity index (χ3v) is 4.97. The molecule has 0 bridgehead atoms. The van der Waals surface area contributed by atoms with Crippen molar-refractivity contribution in [3.8, 4) is 0 Å². The van der Waals surface area contributed by atoms with Crippen molar-refractivity contribution in [2.75, 3.05) is 5.73 Å². The molecule has 0 aliphatic heterocycles. The van der Waals surface area contributed by atoms with Gasteiger partial charge in [0.25, 0.3) is 0 Å². The highest BCUT2D eigenvalue weighted by Crippen LogP contribution is 2.44. The lowest BCUT2D eigenvalue weighted by Gasteiger charge is -2.08. The Hall–Kier alpha value is -0.750. The van der Waals surface area contributed by atoms with E-state index in [9.17, 15) is 4.79 Å². The van der Waals surface area contributed by atoms with Crippen LogP contribution in [0, 0.1) is 12.8 Å². The summed E-state index contributed by atoms with van der Waals surface area (Å²) in [6, 6.07) is 0. The Morgan fingerprint density at radius 1 is 1.73 bits per heavy atom. The Balaban J connectivity index is 2.11. The molecule has 0 spiro atoms. The van der Waals surface area contributed by atoms with E-state index in [-0.39, 0.29) is 5.25 Å². The SMILES string of the molecule is Cc1nc(N)sc1SC(C(=O)O)C1CC1. The Morgan fingerprint density at radius 3 is 2.80 bits per heavy atom. The van der Waals surface area contributed by atoms with Crippen LogP contribution in [0.25, 0.3) is 0 Å². The summed E-state index contributed by atoms with van der Waals surface area (Å²) in [5.74, 6) is -0.399. The number of carbonyl (C=O) groups is 1. The first kappa shape index (κ1) is 10.8. The van der Waals surface area contributed by atoms with Crippen LogP contribution in [0.3, 0.4) is 0 Å². The first-order valence-electron chi connectivity index (χ1n) is 4.70. The Morgan fingerprint density at radius 2 is 2.40 bits per heavy atom. The number of aryl methyl sites for hydroxylation is 1. The summed E-state index contributed by atoms with van der Waals surface area (Å²) in [5, 5.41) is 9.25. The summed E-state index contributed by atoms with van der Waals surface area (Å²) in [4.78, 5) is 15.1. The zero-order chi connectivity index (χ0) is 11.0. The van der Waals surface area contributed by atoms with Crippen LogP contribution in [0.2, 0.25) is 0 Å². The molecule has 82 valence electrons. The Bertz CT molecular complexity index is 387. The van der Waals surface area contributed by atoms with Gasteiger partial charge < -0.3 is 10.8 Å². The van der Waals surface area contributed by atoms with Gasteiger partial charge >= 0.3 is 5.97 Å². The number of carboxylic acid groups (broad SMARTS) is 1. The molecule has 1 aliphatic carbocycles. The van der Waals surface area contributed by atoms with Crippen LogP contribution in [0.5, 0.6) is 0 Å². The molecule has 1 fully saturated rings. The first-order valence-corrected chi connectivity index (χ1v) is 6.40.